The van der Waals surface area contributed by atoms with Crippen molar-refractivity contribution in [2.75, 3.05) is 6.61 Å². The first-order valence-corrected chi connectivity index (χ1v) is 19.9. The third-order valence-corrected chi connectivity index (χ3v) is 9.57. The Labute approximate surface area is 299 Å². The number of benzene rings is 1. The Morgan fingerprint density at radius 3 is 1.76 bits per heavy atom. The number of nitrogens with one attached hydrogen (secondary N) is 1. The summed E-state index contributed by atoms with van der Waals surface area (Å²) in [5, 5.41) is 24.1. The Morgan fingerprint density at radius 2 is 1.24 bits per heavy atom. The predicted octanol–water partition coefficient (Wildman–Crippen LogP) is 9.08. The third kappa shape index (κ3) is 19.8. The van der Waals surface area contributed by atoms with E-state index in [9.17, 15) is 19.8 Å². The highest BCUT2D eigenvalue weighted by Gasteiger charge is 2.48. The van der Waals surface area contributed by atoms with Gasteiger partial charge in [0.2, 0.25) is 5.91 Å². The van der Waals surface area contributed by atoms with Crippen LogP contribution in [0, 0.1) is 0 Å². The molecule has 0 aliphatic carbocycles. The summed E-state index contributed by atoms with van der Waals surface area (Å²) in [5.41, 5.74) is 0.880. The zero-order valence-corrected chi connectivity index (χ0v) is 31.0. The van der Waals surface area contributed by atoms with Crippen molar-refractivity contribution in [2.45, 2.75) is 205 Å². The maximum atomic E-state index is 13.2. The van der Waals surface area contributed by atoms with Crippen molar-refractivity contribution in [1.29, 1.82) is 0 Å². The molecule has 3 N–H and O–H groups in total. The maximum Gasteiger partial charge on any atom is 0.306 e. The van der Waals surface area contributed by atoms with Gasteiger partial charge < -0.3 is 29.7 Å². The highest BCUT2D eigenvalue weighted by Crippen LogP contribution is 2.27. The van der Waals surface area contributed by atoms with Gasteiger partial charge in [0.1, 0.15) is 18.2 Å². The number of ether oxygens (including phenoxy) is 3. The second-order valence-electron chi connectivity index (χ2n) is 14.0. The van der Waals surface area contributed by atoms with E-state index in [2.05, 4.69) is 19.2 Å². The molecule has 1 aliphatic rings. The minimum absolute atomic E-state index is 0.158. The molecule has 8 nitrogen and oxygen atoms in total. The first-order valence-electron chi connectivity index (χ1n) is 20.5. The zero-order valence-electron chi connectivity index (χ0n) is 32.0. The van der Waals surface area contributed by atoms with Gasteiger partial charge >= 0.3 is 5.97 Å². The molecule has 282 valence electrons. The quantitative estimate of drug-likeness (QED) is 0.0545. The summed E-state index contributed by atoms with van der Waals surface area (Å²) in [5.74, 6) is -0.999. The fourth-order valence-electron chi connectivity index (χ4n) is 6.50. The van der Waals surface area contributed by atoms with Crippen LogP contribution in [-0.2, 0) is 30.4 Å². The Kier molecular flexibility index (Phi) is 24.2. The van der Waals surface area contributed by atoms with E-state index in [1.807, 2.05) is 30.3 Å². The molecule has 1 fully saturated rings. The Morgan fingerprint density at radius 1 is 0.755 bits per heavy atom. The van der Waals surface area contributed by atoms with Gasteiger partial charge in [-0.2, -0.15) is 0 Å². The summed E-state index contributed by atoms with van der Waals surface area (Å²) >= 11 is 0. The molecule has 0 spiro atoms. The van der Waals surface area contributed by atoms with Crippen LogP contribution < -0.4 is 5.32 Å². The number of unbranched alkanes of at least 4 members (excludes halogenated alkanes) is 19. The van der Waals surface area contributed by atoms with Gasteiger partial charge in [-0.05, 0) is 18.4 Å². The topological polar surface area (TPSA) is 114 Å². The molecule has 0 aromatic heterocycles. The van der Waals surface area contributed by atoms with Crippen molar-refractivity contribution in [2.24, 2.45) is 0 Å². The number of carbonyl (C=O) groups excluding carboxylic acids is 2. The Hall–Kier alpha value is -2.00. The van der Waals surface area contributed by atoms with Crippen LogP contribution in [0.1, 0.15) is 175 Å². The fraction of sp³-hybridized carbons (Fsp3) is 0.805. The number of amides is 1. The molecule has 2 rings (SSSR count). The van der Waals surface area contributed by atoms with E-state index >= 15 is 0 Å². The van der Waals surface area contributed by atoms with Gasteiger partial charge in [-0.3, -0.25) is 9.59 Å². The SMILES string of the molecule is [2H]C(CCCCCCCCCCCC)C(=O)O[C@H]1[C@H](O)[C@@H](CO)OC(OCc2ccccc2)[C@@H]1NC(=O)CCCCCCCCCCCCC. The van der Waals surface area contributed by atoms with Crippen molar-refractivity contribution in [1.82, 2.24) is 5.32 Å². The van der Waals surface area contributed by atoms with E-state index in [1.165, 1.54) is 96.3 Å². The summed E-state index contributed by atoms with van der Waals surface area (Å²) in [4.78, 5) is 26.4. The first kappa shape index (κ1) is 41.4. The molecule has 6 atom stereocenters. The van der Waals surface area contributed by atoms with Gasteiger partial charge in [-0.1, -0.05) is 173 Å². The van der Waals surface area contributed by atoms with Crippen LogP contribution in [0.15, 0.2) is 30.3 Å². The van der Waals surface area contributed by atoms with Crippen LogP contribution >= 0.6 is 0 Å². The van der Waals surface area contributed by atoms with Crippen LogP contribution in [0.2, 0.25) is 0 Å². The van der Waals surface area contributed by atoms with Crippen molar-refractivity contribution in [3.05, 3.63) is 35.9 Å². The number of rotatable bonds is 30. The summed E-state index contributed by atoms with van der Waals surface area (Å²) in [6.07, 6.45) is 19.3. The predicted molar refractivity (Wildman–Crippen MR) is 197 cm³/mol. The number of carbonyl (C=O) groups is 2. The molecule has 8 heteroatoms. The Bertz CT molecular complexity index is 983. The summed E-state index contributed by atoms with van der Waals surface area (Å²) in [6, 6.07) is 8.47. The fourth-order valence-corrected chi connectivity index (χ4v) is 6.50. The minimum atomic E-state index is -1.41. The zero-order chi connectivity index (χ0) is 36.2. The molecular formula is C41H71NO7. The summed E-state index contributed by atoms with van der Waals surface area (Å²) < 4.78 is 26.3. The monoisotopic (exact) mass is 691 g/mol. The van der Waals surface area contributed by atoms with E-state index < -0.39 is 49.6 Å². The third-order valence-electron chi connectivity index (χ3n) is 9.57. The smallest absolute Gasteiger partial charge is 0.306 e. The second-order valence-corrected chi connectivity index (χ2v) is 14.0. The van der Waals surface area contributed by atoms with E-state index in [4.69, 9.17) is 15.6 Å². The summed E-state index contributed by atoms with van der Waals surface area (Å²) in [6.45, 7) is 4.09. The number of aliphatic hydroxyl groups excluding tert-OH is 2. The second kappa shape index (κ2) is 28.7. The number of hydrogen-bond acceptors (Lipinski definition) is 7. The molecule has 1 aromatic rings. The lowest BCUT2D eigenvalue weighted by Crippen LogP contribution is -2.65. The lowest BCUT2D eigenvalue weighted by molar-refractivity contribution is -0.276. The van der Waals surface area contributed by atoms with Gasteiger partial charge in [0.15, 0.2) is 12.4 Å². The molecule has 0 radical (unpaired) electrons. The Balaban J connectivity index is 1.91. The molecule has 1 heterocycles. The number of esters is 1. The molecule has 1 aliphatic heterocycles. The van der Waals surface area contributed by atoms with Gasteiger partial charge in [0.05, 0.1) is 13.2 Å². The van der Waals surface area contributed by atoms with Gasteiger partial charge in [0.25, 0.3) is 0 Å². The minimum Gasteiger partial charge on any atom is -0.457 e. The molecule has 2 unspecified atom stereocenters. The van der Waals surface area contributed by atoms with Crippen LogP contribution in [0.25, 0.3) is 0 Å². The van der Waals surface area contributed by atoms with Gasteiger partial charge in [-0.15, -0.1) is 0 Å². The maximum absolute atomic E-state index is 13.2. The van der Waals surface area contributed by atoms with Crippen LogP contribution in [0.3, 0.4) is 0 Å². The van der Waals surface area contributed by atoms with Gasteiger partial charge in [0, 0.05) is 14.2 Å². The van der Waals surface area contributed by atoms with Crippen molar-refractivity contribution in [3.63, 3.8) is 0 Å². The van der Waals surface area contributed by atoms with E-state index in [0.717, 1.165) is 44.1 Å². The molecule has 0 bridgehead atoms. The van der Waals surface area contributed by atoms with Crippen LogP contribution in [0.5, 0.6) is 0 Å². The molecule has 1 saturated heterocycles. The molecule has 49 heavy (non-hydrogen) atoms. The van der Waals surface area contributed by atoms with E-state index in [0.29, 0.717) is 12.8 Å². The van der Waals surface area contributed by atoms with Gasteiger partial charge in [-0.25, -0.2) is 0 Å². The van der Waals surface area contributed by atoms with Crippen molar-refractivity contribution < 1.29 is 35.4 Å². The highest BCUT2D eigenvalue weighted by atomic mass is 16.7. The number of aliphatic hydroxyl groups is 2. The summed E-state index contributed by atoms with van der Waals surface area (Å²) in [7, 11) is 0. The lowest BCUT2D eigenvalue weighted by Gasteiger charge is -2.43. The number of hydrogen-bond donors (Lipinski definition) is 3. The largest absolute Gasteiger partial charge is 0.457 e. The standard InChI is InChI=1S/C41H71NO7/c1-3-5-7-9-11-13-15-17-19-21-26-30-36(44)42-38-40(49-37(45)31-27-22-20-18-16-14-12-10-8-6-4-2)39(46)35(32-43)48-41(38)47-33-34-28-24-23-25-29-34/h23-25,28-29,35,38-41,43,46H,3-22,26-27,30-33H2,1-2H3,(H,42,44)/t35-,38-,39-,40-,41?/m1/s1/i31D/t31?,35-,38-,39-,40-,41?. The average Bonchev–Trinajstić information content (AvgIpc) is 3.12. The molecule has 1 amide bonds. The average molecular weight is 691 g/mol. The van der Waals surface area contributed by atoms with Crippen LogP contribution in [0.4, 0.5) is 0 Å². The van der Waals surface area contributed by atoms with E-state index in [1.54, 1.807) is 0 Å². The molecule has 1 aromatic carbocycles. The van der Waals surface area contributed by atoms with Crippen molar-refractivity contribution in [3.8, 4) is 0 Å². The normalized spacial score (nSPS) is 21.6. The molecule has 0 saturated carbocycles. The lowest BCUT2D eigenvalue weighted by atomic mass is 9.96. The first-order chi connectivity index (χ1) is 24.4. The van der Waals surface area contributed by atoms with Crippen molar-refractivity contribution >= 4 is 11.9 Å². The highest BCUT2D eigenvalue weighted by molar-refractivity contribution is 5.76. The van der Waals surface area contributed by atoms with E-state index in [-0.39, 0.29) is 12.5 Å². The molecular weight excluding hydrogens is 618 g/mol. The van der Waals surface area contributed by atoms with Crippen LogP contribution in [-0.4, -0.2) is 59.3 Å².